The third kappa shape index (κ3) is 14.0. The molecule has 37 heavy (non-hydrogen) atoms. The maximum Gasteiger partial charge on any atom is 0.326 e. The normalized spacial score (nSPS) is 14.9. The molecule has 0 radical (unpaired) electrons. The number of aliphatic carboxylic acids is 1. The van der Waals surface area contributed by atoms with Crippen LogP contribution in [-0.4, -0.2) is 77.9 Å². The molecule has 0 aromatic heterocycles. The Morgan fingerprint density at radius 2 is 1.54 bits per heavy atom. The minimum absolute atomic E-state index is 0.0800. The number of hydrogen-bond acceptors (Lipinski definition) is 7. The van der Waals surface area contributed by atoms with E-state index in [4.69, 9.17) is 17.2 Å². The van der Waals surface area contributed by atoms with Crippen LogP contribution in [0.25, 0.3) is 0 Å². The SMILES string of the molecule is CC[C@H](C)[C@H](NC(=O)CNC(=O)[C@@H](N)CC(C)C)C(=O)N[C@@H](C)C(=O)N[C@@H](CCCN=C(N)N)C(=O)O. The van der Waals surface area contributed by atoms with Gasteiger partial charge >= 0.3 is 5.97 Å². The van der Waals surface area contributed by atoms with Crippen molar-refractivity contribution in [2.75, 3.05) is 13.1 Å². The minimum Gasteiger partial charge on any atom is -0.480 e. The molecule has 0 unspecified atom stereocenters. The van der Waals surface area contributed by atoms with Crippen LogP contribution in [-0.2, 0) is 24.0 Å². The van der Waals surface area contributed by atoms with Crippen molar-refractivity contribution in [1.82, 2.24) is 21.3 Å². The Bertz CT molecular complexity index is 815. The average molecular weight is 529 g/mol. The van der Waals surface area contributed by atoms with Gasteiger partial charge in [-0.15, -0.1) is 0 Å². The lowest BCUT2D eigenvalue weighted by Crippen LogP contribution is -2.57. The van der Waals surface area contributed by atoms with E-state index in [-0.39, 0.29) is 37.3 Å². The Labute approximate surface area is 217 Å². The lowest BCUT2D eigenvalue weighted by Gasteiger charge is -2.26. The number of nitrogens with one attached hydrogen (secondary N) is 4. The van der Waals surface area contributed by atoms with Crippen LogP contribution in [0.5, 0.6) is 0 Å². The number of carbonyl (C=O) groups is 5. The minimum atomic E-state index is -1.24. The maximum atomic E-state index is 12.9. The molecule has 0 aliphatic heterocycles. The molecule has 0 spiro atoms. The standard InChI is InChI=1S/C23H44N8O6/c1-6-13(4)18(31-17(32)11-28-20(34)15(24)10-12(2)3)21(35)29-14(5)19(33)30-16(22(36)37)8-7-9-27-23(25)26/h12-16,18H,6-11,24H2,1-5H3,(H,28,34)(H,29,35)(H,30,33)(H,31,32)(H,36,37)(H4,25,26,27)/t13-,14-,15-,16-,18-/m0/s1. The number of aliphatic imine (C=N–C) groups is 1. The number of carboxylic acid groups (broad SMARTS) is 1. The van der Waals surface area contributed by atoms with Gasteiger partial charge in [0.25, 0.3) is 0 Å². The van der Waals surface area contributed by atoms with Gasteiger partial charge in [0.2, 0.25) is 23.6 Å². The third-order valence-electron chi connectivity index (χ3n) is 5.61. The zero-order valence-corrected chi connectivity index (χ0v) is 22.4. The highest BCUT2D eigenvalue weighted by Crippen LogP contribution is 2.09. The van der Waals surface area contributed by atoms with Crippen LogP contribution in [0.15, 0.2) is 4.99 Å². The van der Waals surface area contributed by atoms with Crippen LogP contribution in [0.1, 0.15) is 60.3 Å². The van der Waals surface area contributed by atoms with Gasteiger partial charge in [0.15, 0.2) is 5.96 Å². The van der Waals surface area contributed by atoms with Crippen molar-refractivity contribution in [3.8, 4) is 0 Å². The molecule has 0 heterocycles. The lowest BCUT2D eigenvalue weighted by molar-refractivity contribution is -0.142. The molecule has 14 heteroatoms. The summed E-state index contributed by atoms with van der Waals surface area (Å²) in [4.78, 5) is 65.2. The van der Waals surface area contributed by atoms with E-state index in [2.05, 4.69) is 26.3 Å². The number of carboxylic acids is 1. The highest BCUT2D eigenvalue weighted by Gasteiger charge is 2.30. The number of nitrogens with zero attached hydrogens (tertiary/aromatic N) is 1. The van der Waals surface area contributed by atoms with Crippen LogP contribution < -0.4 is 38.5 Å². The topological polar surface area (TPSA) is 244 Å². The fraction of sp³-hybridized carbons (Fsp3) is 0.739. The van der Waals surface area contributed by atoms with Crippen LogP contribution in [0, 0.1) is 11.8 Å². The molecule has 0 saturated carbocycles. The van der Waals surface area contributed by atoms with Gasteiger partial charge in [0.1, 0.15) is 18.1 Å². The molecule has 212 valence electrons. The summed E-state index contributed by atoms with van der Waals surface area (Å²) in [5, 5.41) is 19.3. The quantitative estimate of drug-likeness (QED) is 0.0598. The molecule has 11 N–H and O–H groups in total. The summed E-state index contributed by atoms with van der Waals surface area (Å²) in [6.45, 7) is 8.68. The predicted molar refractivity (Wildman–Crippen MR) is 139 cm³/mol. The largest absolute Gasteiger partial charge is 0.480 e. The molecule has 0 saturated heterocycles. The van der Waals surface area contributed by atoms with Gasteiger partial charge in [-0.25, -0.2) is 4.79 Å². The zero-order valence-electron chi connectivity index (χ0n) is 22.4. The summed E-state index contributed by atoms with van der Waals surface area (Å²) in [5.41, 5.74) is 16.3. The van der Waals surface area contributed by atoms with Gasteiger partial charge in [-0.3, -0.25) is 24.2 Å². The van der Waals surface area contributed by atoms with Crippen LogP contribution >= 0.6 is 0 Å². The fourth-order valence-electron chi connectivity index (χ4n) is 3.27. The lowest BCUT2D eigenvalue weighted by atomic mass is 9.98. The van der Waals surface area contributed by atoms with Crippen molar-refractivity contribution in [1.29, 1.82) is 0 Å². The van der Waals surface area contributed by atoms with E-state index in [1.54, 1.807) is 6.92 Å². The summed E-state index contributed by atoms with van der Waals surface area (Å²) in [5.74, 6) is -3.82. The summed E-state index contributed by atoms with van der Waals surface area (Å²) in [7, 11) is 0. The van der Waals surface area contributed by atoms with Gasteiger partial charge in [-0.2, -0.15) is 0 Å². The van der Waals surface area contributed by atoms with E-state index in [9.17, 15) is 29.1 Å². The van der Waals surface area contributed by atoms with Crippen LogP contribution in [0.2, 0.25) is 0 Å². The van der Waals surface area contributed by atoms with Crippen LogP contribution in [0.4, 0.5) is 0 Å². The van der Waals surface area contributed by atoms with Crippen LogP contribution in [0.3, 0.4) is 0 Å². The Kier molecular flexibility index (Phi) is 15.5. The summed E-state index contributed by atoms with van der Waals surface area (Å²) in [6, 6.07) is -4.01. The first-order chi connectivity index (χ1) is 17.2. The molecule has 5 atom stereocenters. The van der Waals surface area contributed by atoms with E-state index in [1.165, 1.54) is 6.92 Å². The second-order valence-corrected chi connectivity index (χ2v) is 9.46. The number of nitrogens with two attached hydrogens (primary N) is 3. The smallest absolute Gasteiger partial charge is 0.326 e. The van der Waals surface area contributed by atoms with Gasteiger partial charge in [0, 0.05) is 6.54 Å². The van der Waals surface area contributed by atoms with Gasteiger partial charge in [-0.1, -0.05) is 34.1 Å². The number of hydrogen-bond donors (Lipinski definition) is 8. The van der Waals surface area contributed by atoms with Crippen molar-refractivity contribution in [2.45, 2.75) is 84.5 Å². The van der Waals surface area contributed by atoms with Gasteiger partial charge in [0.05, 0.1) is 12.6 Å². The van der Waals surface area contributed by atoms with E-state index in [0.29, 0.717) is 19.3 Å². The number of rotatable bonds is 17. The highest BCUT2D eigenvalue weighted by atomic mass is 16.4. The van der Waals surface area contributed by atoms with E-state index < -0.39 is 53.8 Å². The Morgan fingerprint density at radius 1 is 0.919 bits per heavy atom. The first-order valence-corrected chi connectivity index (χ1v) is 12.4. The number of carbonyl (C=O) groups excluding carboxylic acids is 4. The monoisotopic (exact) mass is 528 g/mol. The van der Waals surface area contributed by atoms with Gasteiger partial charge < -0.3 is 43.6 Å². The van der Waals surface area contributed by atoms with Gasteiger partial charge in [-0.05, 0) is 38.0 Å². The molecule has 14 nitrogen and oxygen atoms in total. The Morgan fingerprint density at radius 3 is 2.05 bits per heavy atom. The third-order valence-corrected chi connectivity index (χ3v) is 5.61. The summed E-state index contributed by atoms with van der Waals surface area (Å²) >= 11 is 0. The zero-order chi connectivity index (χ0) is 28.7. The molecule has 0 aromatic carbocycles. The maximum absolute atomic E-state index is 12.9. The average Bonchev–Trinajstić information content (AvgIpc) is 2.81. The molecular formula is C23H44N8O6. The van der Waals surface area contributed by atoms with Crippen molar-refractivity contribution < 1.29 is 29.1 Å². The first-order valence-electron chi connectivity index (χ1n) is 12.4. The van der Waals surface area contributed by atoms with Crippen molar-refractivity contribution >= 4 is 35.6 Å². The summed E-state index contributed by atoms with van der Waals surface area (Å²) < 4.78 is 0. The predicted octanol–water partition coefficient (Wildman–Crippen LogP) is -1.87. The number of guanidine groups is 1. The molecule has 0 fully saturated rings. The molecule has 0 aliphatic carbocycles. The van der Waals surface area contributed by atoms with Crippen molar-refractivity contribution in [3.05, 3.63) is 0 Å². The van der Waals surface area contributed by atoms with Crippen molar-refractivity contribution in [2.24, 2.45) is 34.0 Å². The molecule has 0 bridgehead atoms. The van der Waals surface area contributed by atoms with E-state index in [0.717, 1.165) is 0 Å². The number of amides is 4. The molecule has 0 aliphatic rings. The molecule has 0 rings (SSSR count). The Hall–Kier alpha value is -3.42. The van der Waals surface area contributed by atoms with E-state index >= 15 is 0 Å². The Balaban J connectivity index is 5.01. The summed E-state index contributed by atoms with van der Waals surface area (Å²) in [6.07, 6.45) is 1.40. The first kappa shape index (κ1) is 33.6. The second kappa shape index (κ2) is 17.1. The molecular weight excluding hydrogens is 484 g/mol. The van der Waals surface area contributed by atoms with E-state index in [1.807, 2.05) is 20.8 Å². The molecule has 0 aromatic rings. The highest BCUT2D eigenvalue weighted by molar-refractivity contribution is 5.94. The second-order valence-electron chi connectivity index (χ2n) is 9.46. The van der Waals surface area contributed by atoms with Crippen molar-refractivity contribution in [3.63, 3.8) is 0 Å². The molecule has 4 amide bonds. The fourth-order valence-corrected chi connectivity index (χ4v) is 3.27.